The minimum absolute atomic E-state index is 0.0558. The predicted octanol–water partition coefficient (Wildman–Crippen LogP) is 4.47. The molecular weight excluding hydrogens is 494 g/mol. The number of primary sulfonamides is 1. The lowest BCUT2D eigenvalue weighted by Gasteiger charge is -2.24. The Morgan fingerprint density at radius 3 is 2.22 bits per heavy atom. The summed E-state index contributed by atoms with van der Waals surface area (Å²) in [7, 11) is -0.573. The molecule has 0 radical (unpaired) electrons. The second kappa shape index (κ2) is 8.93. The molecule has 1 aliphatic rings. The molecule has 0 saturated carbocycles. The van der Waals surface area contributed by atoms with Crippen molar-refractivity contribution in [3.63, 3.8) is 0 Å². The molecule has 9 heteroatoms. The van der Waals surface area contributed by atoms with E-state index in [1.165, 1.54) is 12.1 Å². The average molecular weight is 516 g/mol. The maximum Gasteiger partial charge on any atom is 0.238 e. The molecule has 7 nitrogen and oxygen atoms in total. The molecule has 3 aromatic carbocycles. The Hall–Kier alpha value is -2.88. The molecule has 4 rings (SSSR count). The molecule has 0 aliphatic carbocycles. The third-order valence-corrected chi connectivity index (χ3v) is 6.77. The average Bonchev–Trinajstić information content (AvgIpc) is 3.24. The van der Waals surface area contributed by atoms with E-state index in [0.29, 0.717) is 17.9 Å². The van der Waals surface area contributed by atoms with Gasteiger partial charge < -0.3 is 9.47 Å². The molecule has 1 unspecified atom stereocenters. The number of hydrogen-bond acceptors (Lipinski definition) is 6. The second-order valence-electron chi connectivity index (χ2n) is 7.27. The van der Waals surface area contributed by atoms with Crippen LogP contribution in [0.3, 0.4) is 0 Å². The Morgan fingerprint density at radius 2 is 1.62 bits per heavy atom. The fraction of sp³-hybridized carbons (Fsp3) is 0.174. The molecule has 0 amide bonds. The highest BCUT2D eigenvalue weighted by atomic mass is 79.9. The summed E-state index contributed by atoms with van der Waals surface area (Å²) >= 11 is 3.47. The van der Waals surface area contributed by atoms with E-state index in [9.17, 15) is 8.42 Å². The minimum atomic E-state index is -3.77. The van der Waals surface area contributed by atoms with Crippen LogP contribution in [0, 0.1) is 0 Å². The van der Waals surface area contributed by atoms with Crippen LogP contribution in [0.4, 0.5) is 5.69 Å². The number of ether oxygens (including phenoxy) is 2. The number of sulfonamides is 1. The first-order chi connectivity index (χ1) is 15.3. The predicted molar refractivity (Wildman–Crippen MR) is 128 cm³/mol. The number of nitrogens with zero attached hydrogens (tertiary/aromatic N) is 2. The van der Waals surface area contributed by atoms with Gasteiger partial charge in [-0.3, -0.25) is 5.01 Å². The quantitative estimate of drug-likeness (QED) is 0.522. The molecule has 0 spiro atoms. The Kier molecular flexibility index (Phi) is 6.23. The highest BCUT2D eigenvalue weighted by Crippen LogP contribution is 2.40. The van der Waals surface area contributed by atoms with Crippen LogP contribution in [-0.4, -0.2) is 28.3 Å². The number of hydrogen-bond donors (Lipinski definition) is 1. The molecule has 1 atom stereocenters. The van der Waals surface area contributed by atoms with Crippen LogP contribution >= 0.6 is 15.9 Å². The number of methoxy groups -OCH3 is 2. The minimum Gasteiger partial charge on any atom is -0.493 e. The zero-order chi connectivity index (χ0) is 22.9. The van der Waals surface area contributed by atoms with Crippen LogP contribution < -0.4 is 19.6 Å². The Balaban J connectivity index is 1.76. The van der Waals surface area contributed by atoms with E-state index in [1.54, 1.807) is 26.4 Å². The lowest BCUT2D eigenvalue weighted by atomic mass is 9.98. The summed E-state index contributed by atoms with van der Waals surface area (Å²) in [5, 5.41) is 12.0. The van der Waals surface area contributed by atoms with Gasteiger partial charge in [-0.05, 0) is 59.7 Å². The first-order valence-electron chi connectivity index (χ1n) is 9.77. The number of nitrogens with two attached hydrogens (primary N) is 1. The van der Waals surface area contributed by atoms with Gasteiger partial charge in [-0.25, -0.2) is 13.6 Å². The molecule has 166 valence electrons. The highest BCUT2D eigenvalue weighted by Gasteiger charge is 2.31. The lowest BCUT2D eigenvalue weighted by Crippen LogP contribution is -2.19. The molecule has 0 saturated heterocycles. The van der Waals surface area contributed by atoms with Gasteiger partial charge in [0.15, 0.2) is 11.5 Å². The zero-order valence-corrected chi connectivity index (χ0v) is 19.9. The van der Waals surface area contributed by atoms with E-state index in [2.05, 4.69) is 15.9 Å². The second-order valence-corrected chi connectivity index (χ2v) is 9.75. The van der Waals surface area contributed by atoms with Gasteiger partial charge in [-0.2, -0.15) is 5.10 Å². The van der Waals surface area contributed by atoms with E-state index in [0.717, 1.165) is 27.0 Å². The monoisotopic (exact) mass is 515 g/mol. The largest absolute Gasteiger partial charge is 0.493 e. The van der Waals surface area contributed by atoms with E-state index in [-0.39, 0.29) is 10.9 Å². The van der Waals surface area contributed by atoms with Crippen LogP contribution in [-0.2, 0) is 10.0 Å². The summed E-state index contributed by atoms with van der Waals surface area (Å²) in [6, 6.07) is 20.1. The van der Waals surface area contributed by atoms with Gasteiger partial charge in [-0.15, -0.1) is 0 Å². The molecule has 0 aromatic heterocycles. The van der Waals surface area contributed by atoms with Crippen LogP contribution in [0.25, 0.3) is 0 Å². The van der Waals surface area contributed by atoms with Crippen molar-refractivity contribution in [2.75, 3.05) is 19.2 Å². The van der Waals surface area contributed by atoms with Crippen molar-refractivity contribution in [1.82, 2.24) is 0 Å². The summed E-state index contributed by atoms with van der Waals surface area (Å²) in [5.74, 6) is 1.28. The molecule has 3 aromatic rings. The third kappa shape index (κ3) is 4.50. The van der Waals surface area contributed by atoms with Gasteiger partial charge in [0.1, 0.15) is 0 Å². The number of rotatable bonds is 6. The molecule has 0 bridgehead atoms. The Labute approximate surface area is 195 Å². The Bertz CT molecular complexity index is 1260. The fourth-order valence-electron chi connectivity index (χ4n) is 3.67. The maximum atomic E-state index is 11.7. The molecular formula is C23H22BrN3O4S. The third-order valence-electron chi connectivity index (χ3n) is 5.31. The molecule has 1 aliphatic heterocycles. The lowest BCUT2D eigenvalue weighted by molar-refractivity contribution is 0.354. The van der Waals surface area contributed by atoms with Gasteiger partial charge in [-0.1, -0.05) is 34.1 Å². The van der Waals surface area contributed by atoms with Crippen LogP contribution in [0.2, 0.25) is 0 Å². The summed E-state index contributed by atoms with van der Waals surface area (Å²) in [5.41, 5.74) is 3.69. The van der Waals surface area contributed by atoms with Gasteiger partial charge in [0, 0.05) is 10.9 Å². The normalized spacial score (nSPS) is 16.1. The van der Waals surface area contributed by atoms with Gasteiger partial charge in [0.2, 0.25) is 10.0 Å². The standard InChI is InChI=1S/C23H22BrN3O4S/c1-30-22-12-5-16(13-23(22)31-2)21-14-20(15-3-6-17(24)7-4-15)26-27(21)18-8-10-19(11-9-18)32(25,28)29/h3-13,21H,14H2,1-2H3,(H2,25,28,29). The van der Waals surface area contributed by atoms with Crippen LogP contribution in [0.1, 0.15) is 23.6 Å². The van der Waals surface area contributed by atoms with Crippen molar-refractivity contribution >= 4 is 37.4 Å². The zero-order valence-electron chi connectivity index (χ0n) is 17.5. The summed E-state index contributed by atoms with van der Waals surface area (Å²) < 4.78 is 35.2. The van der Waals surface area contributed by atoms with Crippen molar-refractivity contribution in [3.8, 4) is 11.5 Å². The highest BCUT2D eigenvalue weighted by molar-refractivity contribution is 9.10. The SMILES string of the molecule is COc1ccc(C2CC(c3ccc(Br)cc3)=NN2c2ccc(S(N)(=O)=O)cc2)cc1OC. The van der Waals surface area contributed by atoms with E-state index < -0.39 is 10.0 Å². The van der Waals surface area contributed by atoms with Crippen molar-refractivity contribution in [2.45, 2.75) is 17.4 Å². The van der Waals surface area contributed by atoms with E-state index in [1.807, 2.05) is 47.5 Å². The van der Waals surface area contributed by atoms with E-state index in [4.69, 9.17) is 19.7 Å². The topological polar surface area (TPSA) is 94.2 Å². The maximum absolute atomic E-state index is 11.7. The number of benzene rings is 3. The summed E-state index contributed by atoms with van der Waals surface area (Å²) in [6.07, 6.45) is 0.661. The Morgan fingerprint density at radius 1 is 0.969 bits per heavy atom. The summed E-state index contributed by atoms with van der Waals surface area (Å²) in [6.45, 7) is 0. The van der Waals surface area contributed by atoms with Crippen molar-refractivity contribution in [2.24, 2.45) is 10.2 Å². The van der Waals surface area contributed by atoms with Crippen LogP contribution in [0.15, 0.2) is 81.2 Å². The fourth-order valence-corrected chi connectivity index (χ4v) is 4.45. The first-order valence-corrected chi connectivity index (χ1v) is 12.1. The van der Waals surface area contributed by atoms with Gasteiger partial charge >= 0.3 is 0 Å². The smallest absolute Gasteiger partial charge is 0.238 e. The number of hydrazone groups is 1. The molecule has 0 fully saturated rings. The molecule has 32 heavy (non-hydrogen) atoms. The van der Waals surface area contributed by atoms with Gasteiger partial charge in [0.25, 0.3) is 0 Å². The van der Waals surface area contributed by atoms with Crippen LogP contribution in [0.5, 0.6) is 11.5 Å². The van der Waals surface area contributed by atoms with E-state index >= 15 is 0 Å². The molecule has 1 heterocycles. The van der Waals surface area contributed by atoms with Crippen molar-refractivity contribution < 1.29 is 17.9 Å². The number of anilines is 1. The van der Waals surface area contributed by atoms with Crippen molar-refractivity contribution in [3.05, 3.63) is 82.3 Å². The number of halogens is 1. The van der Waals surface area contributed by atoms with Crippen molar-refractivity contribution in [1.29, 1.82) is 0 Å². The molecule has 2 N–H and O–H groups in total. The first kappa shape index (κ1) is 22.3. The van der Waals surface area contributed by atoms with Gasteiger partial charge in [0.05, 0.1) is 36.6 Å². The summed E-state index contributed by atoms with van der Waals surface area (Å²) in [4.78, 5) is 0.0558.